The lowest BCUT2D eigenvalue weighted by Crippen LogP contribution is -2.70. The highest BCUT2D eigenvalue weighted by molar-refractivity contribution is 7.92. The molecule has 2 aromatic rings. The summed E-state index contributed by atoms with van der Waals surface area (Å²) in [5.74, 6) is 0. The summed E-state index contributed by atoms with van der Waals surface area (Å²) in [5.41, 5.74) is 6.52. The van der Waals surface area contributed by atoms with Crippen molar-refractivity contribution in [3.05, 3.63) is 36.4 Å². The van der Waals surface area contributed by atoms with E-state index in [1.807, 2.05) is 25.1 Å². The van der Waals surface area contributed by atoms with Crippen molar-refractivity contribution < 1.29 is 33.6 Å². The van der Waals surface area contributed by atoms with Gasteiger partial charge in [0.2, 0.25) is 9.84 Å². The quantitative estimate of drug-likeness (QED) is 0.415. The number of sulfone groups is 1. The molecule has 0 spiro atoms. The summed E-state index contributed by atoms with van der Waals surface area (Å²) in [4.78, 5) is 1.57. The minimum atomic E-state index is -4.67. The molecule has 1 aliphatic rings. The Labute approximate surface area is 162 Å². The highest BCUT2D eigenvalue weighted by Crippen LogP contribution is 2.39. The Hall–Kier alpha value is -1.79. The number of aliphatic hydroxyl groups is 4. The Balaban J connectivity index is 2.22. The summed E-state index contributed by atoms with van der Waals surface area (Å²) in [6.07, 6.45) is -5.00. The molecule has 28 heavy (non-hydrogen) atoms. The predicted octanol–water partition coefficient (Wildman–Crippen LogP) is -1.23. The molecule has 0 amide bonds. The van der Waals surface area contributed by atoms with E-state index in [1.54, 1.807) is 18.2 Å². The fourth-order valence-electron chi connectivity index (χ4n) is 3.45. The van der Waals surface area contributed by atoms with E-state index in [-0.39, 0.29) is 4.90 Å². The first-order valence-corrected chi connectivity index (χ1v) is 10.1. The maximum Gasteiger partial charge on any atom is 0.294 e. The van der Waals surface area contributed by atoms with Crippen molar-refractivity contribution in [3.8, 4) is 0 Å². The molecule has 0 aliphatic carbocycles. The average molecular weight is 412 g/mol. The van der Waals surface area contributed by atoms with Crippen LogP contribution in [0, 0.1) is 0 Å². The third-order valence-electron chi connectivity index (χ3n) is 5.04. The van der Waals surface area contributed by atoms with Gasteiger partial charge in [0, 0.05) is 30.6 Å². The van der Waals surface area contributed by atoms with E-state index >= 15 is 0 Å². The number of benzene rings is 2. The molecule has 3 rings (SSSR count). The minimum Gasteiger partial charge on any atom is -0.394 e. The van der Waals surface area contributed by atoms with Crippen LogP contribution in [0.25, 0.3) is 10.8 Å². The van der Waals surface area contributed by atoms with Crippen LogP contribution >= 0.6 is 0 Å². The summed E-state index contributed by atoms with van der Waals surface area (Å²) in [5, 5.41) is 38.2. The van der Waals surface area contributed by atoms with Gasteiger partial charge in [-0.2, -0.15) is 0 Å². The van der Waals surface area contributed by atoms with E-state index in [2.05, 4.69) is 0 Å². The Morgan fingerprint density at radius 2 is 1.71 bits per heavy atom. The second-order valence-corrected chi connectivity index (χ2v) is 9.03. The first-order chi connectivity index (χ1) is 13.1. The van der Waals surface area contributed by atoms with Crippen molar-refractivity contribution in [1.29, 1.82) is 0 Å². The molecule has 1 aliphatic heterocycles. The van der Waals surface area contributed by atoms with Gasteiger partial charge in [-0.3, -0.25) is 0 Å². The second-order valence-electron chi connectivity index (χ2n) is 7.00. The normalized spacial score (nSPS) is 31.1. The zero-order valence-electron chi connectivity index (χ0n) is 15.4. The van der Waals surface area contributed by atoms with E-state index in [0.29, 0.717) is 10.8 Å². The van der Waals surface area contributed by atoms with Crippen molar-refractivity contribution >= 4 is 26.3 Å². The Morgan fingerprint density at radius 3 is 2.32 bits per heavy atom. The van der Waals surface area contributed by atoms with Crippen LogP contribution < -0.4 is 10.6 Å². The fourth-order valence-corrected chi connectivity index (χ4v) is 5.24. The monoisotopic (exact) mass is 412 g/mol. The van der Waals surface area contributed by atoms with Gasteiger partial charge in [0.1, 0.15) is 24.4 Å². The van der Waals surface area contributed by atoms with Gasteiger partial charge in [0.25, 0.3) is 5.12 Å². The molecule has 1 heterocycles. The van der Waals surface area contributed by atoms with E-state index < -0.39 is 45.9 Å². The molecule has 154 valence electrons. The number of nitrogens with zero attached hydrogens (tertiary/aromatic N) is 1. The summed E-state index contributed by atoms with van der Waals surface area (Å²) >= 11 is 0. The summed E-state index contributed by atoms with van der Waals surface area (Å²) in [6, 6.07) is 7.79. The van der Waals surface area contributed by atoms with Gasteiger partial charge in [-0.25, -0.2) is 8.42 Å². The zero-order chi connectivity index (χ0) is 20.9. The van der Waals surface area contributed by atoms with Crippen LogP contribution in [0.4, 0.5) is 5.69 Å². The Morgan fingerprint density at radius 1 is 1.11 bits per heavy atom. The van der Waals surface area contributed by atoms with Crippen molar-refractivity contribution in [3.63, 3.8) is 0 Å². The molecule has 0 bridgehead atoms. The number of hydrogen-bond acceptors (Lipinski definition) is 9. The summed E-state index contributed by atoms with van der Waals surface area (Å²) in [6.45, 7) is -0.816. The molecule has 10 heteroatoms. The van der Waals surface area contributed by atoms with Crippen LogP contribution in [0.15, 0.2) is 41.3 Å². The number of ether oxygens (including phenoxy) is 1. The van der Waals surface area contributed by atoms with Crippen molar-refractivity contribution in [2.24, 2.45) is 5.73 Å². The molecule has 1 saturated heterocycles. The second kappa shape index (κ2) is 7.23. The highest BCUT2D eigenvalue weighted by atomic mass is 32.2. The van der Waals surface area contributed by atoms with Crippen LogP contribution in [0.5, 0.6) is 0 Å². The van der Waals surface area contributed by atoms with E-state index in [4.69, 9.17) is 10.5 Å². The number of hydrogen-bond donors (Lipinski definition) is 5. The SMILES string of the molecule is CN(C)c1cccc2c(S(=O)(=O)C3(O)O[C@H](CO)[C@H](O)[C@H](O)[C@H]3N)cccc12. The first-order valence-electron chi connectivity index (χ1n) is 8.62. The number of fused-ring (bicyclic) bond motifs is 1. The molecule has 0 saturated carbocycles. The predicted molar refractivity (Wildman–Crippen MR) is 102 cm³/mol. The number of nitrogens with two attached hydrogens (primary N) is 1. The molecular weight excluding hydrogens is 388 g/mol. The largest absolute Gasteiger partial charge is 0.394 e. The standard InChI is InChI=1S/C18H24N2O7S/c1-20(2)12-7-3-6-11-10(12)5-4-8-14(11)28(25,26)18(24)17(19)16(23)15(22)13(9-21)27-18/h3-8,13,15-17,21-24H,9,19H2,1-2H3/t13-,15+,16+,17-,18?/m1/s1. The van der Waals surface area contributed by atoms with Crippen molar-refractivity contribution in [2.75, 3.05) is 25.6 Å². The van der Waals surface area contributed by atoms with E-state index in [9.17, 15) is 28.8 Å². The van der Waals surface area contributed by atoms with Crippen LogP contribution in [0.3, 0.4) is 0 Å². The third kappa shape index (κ3) is 2.98. The molecule has 0 radical (unpaired) electrons. The number of anilines is 1. The van der Waals surface area contributed by atoms with Crippen molar-refractivity contribution in [1.82, 2.24) is 0 Å². The van der Waals surface area contributed by atoms with Gasteiger partial charge >= 0.3 is 0 Å². The lowest BCUT2D eigenvalue weighted by molar-refractivity contribution is -0.272. The third-order valence-corrected chi connectivity index (χ3v) is 7.11. The van der Waals surface area contributed by atoms with Gasteiger partial charge in [0.15, 0.2) is 0 Å². The number of rotatable bonds is 4. The lowest BCUT2D eigenvalue weighted by atomic mass is 9.98. The van der Waals surface area contributed by atoms with Crippen molar-refractivity contribution in [2.45, 2.75) is 34.4 Å². The summed E-state index contributed by atoms with van der Waals surface area (Å²) in [7, 11) is -1.05. The molecule has 6 N–H and O–H groups in total. The fraction of sp³-hybridized carbons (Fsp3) is 0.444. The molecule has 9 nitrogen and oxygen atoms in total. The molecule has 5 atom stereocenters. The Kier molecular flexibility index (Phi) is 5.40. The van der Waals surface area contributed by atoms with Crippen LogP contribution in [-0.4, -0.2) is 79.0 Å². The van der Waals surface area contributed by atoms with Crippen LogP contribution in [0.1, 0.15) is 0 Å². The van der Waals surface area contributed by atoms with Crippen LogP contribution in [-0.2, 0) is 14.6 Å². The smallest absolute Gasteiger partial charge is 0.294 e. The molecular formula is C18H24N2O7S. The van der Waals surface area contributed by atoms with Gasteiger partial charge in [0.05, 0.1) is 11.5 Å². The van der Waals surface area contributed by atoms with E-state index in [1.165, 1.54) is 12.1 Å². The van der Waals surface area contributed by atoms with Gasteiger partial charge < -0.3 is 35.8 Å². The van der Waals surface area contributed by atoms with Crippen LogP contribution in [0.2, 0.25) is 0 Å². The first kappa shape index (κ1) is 20.9. The molecule has 1 unspecified atom stereocenters. The average Bonchev–Trinajstić information content (AvgIpc) is 2.67. The summed E-state index contributed by atoms with van der Waals surface area (Å²) < 4.78 is 31.9. The van der Waals surface area contributed by atoms with Gasteiger partial charge in [-0.05, 0) is 12.1 Å². The molecule has 2 aromatic carbocycles. The maximum atomic E-state index is 13.4. The number of aliphatic hydroxyl groups excluding tert-OH is 3. The maximum absolute atomic E-state index is 13.4. The molecule has 0 aromatic heterocycles. The Bertz CT molecular complexity index is 979. The lowest BCUT2D eigenvalue weighted by Gasteiger charge is -2.45. The van der Waals surface area contributed by atoms with Gasteiger partial charge in [-0.15, -0.1) is 0 Å². The zero-order valence-corrected chi connectivity index (χ0v) is 16.2. The molecule has 1 fully saturated rings. The van der Waals surface area contributed by atoms with E-state index in [0.717, 1.165) is 5.69 Å². The minimum absolute atomic E-state index is 0.244. The topological polar surface area (TPSA) is 154 Å². The van der Waals surface area contributed by atoms with Gasteiger partial charge in [-0.1, -0.05) is 24.3 Å². The highest BCUT2D eigenvalue weighted by Gasteiger charge is 2.60.